The normalized spacial score (nSPS) is 13.7. The average Bonchev–Trinajstić information content (AvgIpc) is 2.82. The summed E-state index contributed by atoms with van der Waals surface area (Å²) in [7, 11) is 0. The minimum Gasteiger partial charge on any atom is -0.387 e. The van der Waals surface area contributed by atoms with Gasteiger partial charge in [0.25, 0.3) is 0 Å². The smallest absolute Gasteiger partial charge is 0.0889 e. The summed E-state index contributed by atoms with van der Waals surface area (Å²) in [5.74, 6) is 0. The zero-order valence-electron chi connectivity index (χ0n) is 9.55. The van der Waals surface area contributed by atoms with E-state index in [-0.39, 0.29) is 5.41 Å². The third kappa shape index (κ3) is 2.04. The number of benzene rings is 1. The number of aliphatic hydroxyl groups is 1. The van der Waals surface area contributed by atoms with Gasteiger partial charge < -0.3 is 5.11 Å². The summed E-state index contributed by atoms with van der Waals surface area (Å²) < 4.78 is 0. The molecule has 2 aromatic rings. The minimum absolute atomic E-state index is 0.262. The van der Waals surface area contributed by atoms with Gasteiger partial charge in [-0.05, 0) is 28.0 Å². The maximum atomic E-state index is 10.4. The molecule has 0 amide bonds. The number of aliphatic hydroxyl groups excluding tert-OH is 1. The highest BCUT2D eigenvalue weighted by Crippen LogP contribution is 2.37. The van der Waals surface area contributed by atoms with Gasteiger partial charge in [-0.15, -0.1) is 0 Å². The van der Waals surface area contributed by atoms with Gasteiger partial charge in [0, 0.05) is 5.41 Å². The molecular formula is C14H16OS. The van der Waals surface area contributed by atoms with Crippen LogP contribution in [-0.2, 0) is 5.41 Å². The molecule has 0 aliphatic carbocycles. The third-order valence-corrected chi connectivity index (χ3v) is 3.76. The largest absolute Gasteiger partial charge is 0.387 e. The van der Waals surface area contributed by atoms with Gasteiger partial charge in [0.05, 0.1) is 6.10 Å². The first-order valence-corrected chi connectivity index (χ1v) is 6.32. The Morgan fingerprint density at radius 1 is 1.12 bits per heavy atom. The van der Waals surface area contributed by atoms with Crippen molar-refractivity contribution in [3.63, 3.8) is 0 Å². The maximum Gasteiger partial charge on any atom is 0.0889 e. The van der Waals surface area contributed by atoms with E-state index in [0.29, 0.717) is 0 Å². The van der Waals surface area contributed by atoms with Gasteiger partial charge in [-0.25, -0.2) is 0 Å². The van der Waals surface area contributed by atoms with Crippen LogP contribution < -0.4 is 0 Å². The molecule has 1 unspecified atom stereocenters. The average molecular weight is 232 g/mol. The van der Waals surface area contributed by atoms with Crippen LogP contribution in [0.4, 0.5) is 0 Å². The van der Waals surface area contributed by atoms with Crippen LogP contribution in [0.2, 0.25) is 0 Å². The fourth-order valence-corrected chi connectivity index (χ4v) is 2.55. The number of hydrogen-bond donors (Lipinski definition) is 1. The van der Waals surface area contributed by atoms with Crippen molar-refractivity contribution in [2.45, 2.75) is 25.4 Å². The quantitative estimate of drug-likeness (QED) is 0.854. The number of rotatable bonds is 3. The van der Waals surface area contributed by atoms with Crippen LogP contribution in [0.15, 0.2) is 47.2 Å². The molecule has 0 aliphatic rings. The highest BCUT2D eigenvalue weighted by Gasteiger charge is 2.30. The van der Waals surface area contributed by atoms with E-state index in [4.69, 9.17) is 0 Å². The van der Waals surface area contributed by atoms with Crippen LogP contribution in [0.1, 0.15) is 31.1 Å². The van der Waals surface area contributed by atoms with Crippen molar-refractivity contribution >= 4 is 11.3 Å². The molecule has 0 saturated heterocycles. The molecule has 1 atom stereocenters. The van der Waals surface area contributed by atoms with Crippen LogP contribution in [0.25, 0.3) is 0 Å². The molecule has 2 rings (SSSR count). The Balaban J connectivity index is 2.32. The fourth-order valence-electron chi connectivity index (χ4n) is 1.87. The predicted octanol–water partition coefficient (Wildman–Crippen LogP) is 3.76. The Kier molecular flexibility index (Phi) is 3.13. The predicted molar refractivity (Wildman–Crippen MR) is 68.7 cm³/mol. The first-order valence-electron chi connectivity index (χ1n) is 5.38. The van der Waals surface area contributed by atoms with Crippen LogP contribution in [-0.4, -0.2) is 5.11 Å². The lowest BCUT2D eigenvalue weighted by atomic mass is 9.77. The summed E-state index contributed by atoms with van der Waals surface area (Å²) >= 11 is 1.62. The molecule has 0 saturated carbocycles. The van der Waals surface area contributed by atoms with E-state index in [1.165, 1.54) is 0 Å². The first kappa shape index (κ1) is 11.4. The van der Waals surface area contributed by atoms with Crippen molar-refractivity contribution in [2.75, 3.05) is 0 Å². The van der Waals surface area contributed by atoms with Gasteiger partial charge in [0.2, 0.25) is 0 Å². The zero-order chi connectivity index (χ0) is 11.6. The van der Waals surface area contributed by atoms with Crippen molar-refractivity contribution < 1.29 is 5.11 Å². The van der Waals surface area contributed by atoms with E-state index in [1.807, 2.05) is 35.0 Å². The Bertz CT molecular complexity index is 431. The second kappa shape index (κ2) is 4.40. The molecule has 1 aromatic carbocycles. The van der Waals surface area contributed by atoms with Crippen LogP contribution in [0.3, 0.4) is 0 Å². The minimum atomic E-state index is -0.457. The second-order valence-electron chi connectivity index (χ2n) is 4.55. The monoisotopic (exact) mass is 232 g/mol. The molecular weight excluding hydrogens is 216 g/mol. The van der Waals surface area contributed by atoms with Gasteiger partial charge in [-0.3, -0.25) is 0 Å². The van der Waals surface area contributed by atoms with Crippen molar-refractivity contribution in [2.24, 2.45) is 0 Å². The van der Waals surface area contributed by atoms with E-state index in [2.05, 4.69) is 26.0 Å². The lowest BCUT2D eigenvalue weighted by Gasteiger charge is -2.30. The molecule has 16 heavy (non-hydrogen) atoms. The summed E-state index contributed by atoms with van der Waals surface area (Å²) in [6, 6.07) is 12.1. The van der Waals surface area contributed by atoms with E-state index in [1.54, 1.807) is 11.3 Å². The topological polar surface area (TPSA) is 20.2 Å². The zero-order valence-corrected chi connectivity index (χ0v) is 10.4. The van der Waals surface area contributed by atoms with Crippen LogP contribution >= 0.6 is 11.3 Å². The number of hydrogen-bond acceptors (Lipinski definition) is 2. The molecule has 84 valence electrons. The SMILES string of the molecule is CC(C)(c1ccccc1)C(O)c1ccsc1. The van der Waals surface area contributed by atoms with Crippen molar-refractivity contribution in [1.29, 1.82) is 0 Å². The summed E-state index contributed by atoms with van der Waals surface area (Å²) in [4.78, 5) is 0. The van der Waals surface area contributed by atoms with E-state index in [0.717, 1.165) is 11.1 Å². The van der Waals surface area contributed by atoms with Crippen molar-refractivity contribution in [3.8, 4) is 0 Å². The van der Waals surface area contributed by atoms with E-state index in [9.17, 15) is 5.11 Å². The standard InChI is InChI=1S/C14H16OS/c1-14(2,12-6-4-3-5-7-12)13(15)11-8-9-16-10-11/h3-10,13,15H,1-2H3. The molecule has 1 aromatic heterocycles. The summed E-state index contributed by atoms with van der Waals surface area (Å²) in [6.07, 6.45) is -0.457. The molecule has 0 radical (unpaired) electrons. The maximum absolute atomic E-state index is 10.4. The molecule has 1 heterocycles. The lowest BCUT2D eigenvalue weighted by molar-refractivity contribution is 0.101. The van der Waals surface area contributed by atoms with Gasteiger partial charge >= 0.3 is 0 Å². The molecule has 0 aliphatic heterocycles. The Morgan fingerprint density at radius 3 is 2.38 bits per heavy atom. The summed E-state index contributed by atoms with van der Waals surface area (Å²) in [5.41, 5.74) is 1.90. The van der Waals surface area contributed by atoms with Crippen LogP contribution in [0.5, 0.6) is 0 Å². The van der Waals surface area contributed by atoms with E-state index < -0.39 is 6.10 Å². The first-order chi connectivity index (χ1) is 7.62. The molecule has 0 spiro atoms. The molecule has 1 nitrogen and oxygen atoms in total. The van der Waals surface area contributed by atoms with Crippen molar-refractivity contribution in [1.82, 2.24) is 0 Å². The summed E-state index contributed by atoms with van der Waals surface area (Å²) in [6.45, 7) is 4.15. The van der Waals surface area contributed by atoms with Gasteiger partial charge in [0.15, 0.2) is 0 Å². The third-order valence-electron chi connectivity index (χ3n) is 3.06. The number of thiophene rings is 1. The second-order valence-corrected chi connectivity index (χ2v) is 5.33. The van der Waals surface area contributed by atoms with Gasteiger partial charge in [-0.1, -0.05) is 44.2 Å². The fraction of sp³-hybridized carbons (Fsp3) is 0.286. The molecule has 0 bridgehead atoms. The lowest BCUT2D eigenvalue weighted by Crippen LogP contribution is -2.26. The summed E-state index contributed by atoms with van der Waals surface area (Å²) in [5, 5.41) is 14.4. The highest BCUT2D eigenvalue weighted by atomic mass is 32.1. The molecule has 2 heteroatoms. The Morgan fingerprint density at radius 2 is 1.81 bits per heavy atom. The van der Waals surface area contributed by atoms with Gasteiger partial charge in [0.1, 0.15) is 0 Å². The Hall–Kier alpha value is -1.12. The van der Waals surface area contributed by atoms with Crippen molar-refractivity contribution in [3.05, 3.63) is 58.3 Å². The van der Waals surface area contributed by atoms with Crippen LogP contribution in [0, 0.1) is 0 Å². The molecule has 0 fully saturated rings. The molecule has 1 N–H and O–H groups in total. The highest BCUT2D eigenvalue weighted by molar-refractivity contribution is 7.07. The Labute approximate surface area is 100 Å². The van der Waals surface area contributed by atoms with E-state index >= 15 is 0 Å². The van der Waals surface area contributed by atoms with Gasteiger partial charge in [-0.2, -0.15) is 11.3 Å².